The number of fused-ring (bicyclic) bond motifs is 1. The van der Waals surface area contributed by atoms with Crippen LogP contribution < -0.4 is 0 Å². The van der Waals surface area contributed by atoms with Crippen LogP contribution in [0.5, 0.6) is 0 Å². The van der Waals surface area contributed by atoms with Crippen molar-refractivity contribution in [3.63, 3.8) is 0 Å². The Morgan fingerprint density at radius 3 is 2.68 bits per heavy atom. The van der Waals surface area contributed by atoms with Crippen LogP contribution in [0.2, 0.25) is 5.15 Å². The van der Waals surface area contributed by atoms with Crippen LogP contribution >= 0.6 is 11.6 Å². The first kappa shape index (κ1) is 13.6. The van der Waals surface area contributed by atoms with Crippen LogP contribution in [0.25, 0.3) is 5.65 Å². The fourth-order valence-electron chi connectivity index (χ4n) is 2.86. The zero-order valence-corrected chi connectivity index (χ0v) is 11.9. The number of hydrogen-bond acceptors (Lipinski definition) is 2. The zero-order valence-electron chi connectivity index (χ0n) is 11.1. The Morgan fingerprint density at radius 1 is 1.09 bits per heavy atom. The Balaban J connectivity index is 1.74. The summed E-state index contributed by atoms with van der Waals surface area (Å²) in [6, 6.07) is 5.53. The molecule has 1 aliphatic carbocycles. The topological polar surface area (TPSA) is 30.2 Å². The fraction of sp³-hybridized carbons (Fsp3) is 0.200. The number of aromatic nitrogens is 3. The lowest BCUT2D eigenvalue weighted by molar-refractivity contribution is 0.507. The van der Waals surface area contributed by atoms with Gasteiger partial charge in [0.1, 0.15) is 0 Å². The van der Waals surface area contributed by atoms with E-state index in [1.54, 1.807) is 12.1 Å². The van der Waals surface area contributed by atoms with Crippen molar-refractivity contribution in [1.29, 1.82) is 0 Å². The lowest BCUT2D eigenvalue weighted by atomic mass is 10.1. The van der Waals surface area contributed by atoms with Crippen molar-refractivity contribution in [2.45, 2.75) is 18.3 Å². The molecule has 2 atom stereocenters. The van der Waals surface area contributed by atoms with Gasteiger partial charge in [0, 0.05) is 5.56 Å². The maximum atomic E-state index is 13.6. The second kappa shape index (κ2) is 4.71. The predicted molar refractivity (Wildman–Crippen MR) is 74.4 cm³/mol. The summed E-state index contributed by atoms with van der Waals surface area (Å²) in [6.07, 6.45) is 1.83. The van der Waals surface area contributed by atoms with Crippen molar-refractivity contribution in [2.24, 2.45) is 0 Å². The molecule has 1 aromatic carbocycles. The first-order valence-corrected chi connectivity index (χ1v) is 7.07. The summed E-state index contributed by atoms with van der Waals surface area (Å²) in [7, 11) is 0. The van der Waals surface area contributed by atoms with Gasteiger partial charge in [-0.3, -0.25) is 0 Å². The molecule has 1 saturated carbocycles. The Labute approximate surface area is 128 Å². The smallest absolute Gasteiger partial charge is 0.232 e. The average molecular weight is 324 g/mol. The molecule has 0 radical (unpaired) electrons. The van der Waals surface area contributed by atoms with E-state index < -0.39 is 17.6 Å². The molecule has 0 bridgehead atoms. The van der Waals surface area contributed by atoms with Crippen LogP contribution in [-0.4, -0.2) is 14.6 Å². The number of benzene rings is 1. The van der Waals surface area contributed by atoms with Gasteiger partial charge in [-0.2, -0.15) is 14.0 Å². The highest BCUT2D eigenvalue weighted by atomic mass is 35.5. The summed E-state index contributed by atoms with van der Waals surface area (Å²) >= 11 is 5.93. The largest absolute Gasteiger partial charge is 0.234 e. The summed E-state index contributed by atoms with van der Waals surface area (Å²) in [5.74, 6) is -2.26. The number of hydrogen-bond donors (Lipinski definition) is 0. The molecule has 0 aliphatic heterocycles. The third kappa shape index (κ3) is 2.06. The minimum absolute atomic E-state index is 0.0367. The normalized spacial score (nSPS) is 20.5. The van der Waals surface area contributed by atoms with Gasteiger partial charge in [0.05, 0.1) is 6.20 Å². The molecule has 4 rings (SSSR count). The standard InChI is InChI=1S/C15H9ClF3N3/c16-13-5-10(15-20-6-14(19)22(15)21-13)9-4-8(9)7-1-2-11(17)12(18)3-7/h1-3,5-6,8-9H,4H2. The van der Waals surface area contributed by atoms with Crippen molar-refractivity contribution < 1.29 is 13.2 Å². The Morgan fingerprint density at radius 2 is 1.91 bits per heavy atom. The molecule has 0 spiro atoms. The third-order valence-electron chi connectivity index (χ3n) is 3.99. The molecule has 0 N–H and O–H groups in total. The minimum Gasteiger partial charge on any atom is -0.232 e. The Hall–Kier alpha value is -2.08. The second-order valence-electron chi connectivity index (χ2n) is 5.36. The quantitative estimate of drug-likeness (QED) is 0.711. The number of nitrogens with zero attached hydrogens (tertiary/aromatic N) is 3. The van der Waals surface area contributed by atoms with Gasteiger partial charge in [-0.05, 0) is 42.0 Å². The van der Waals surface area contributed by atoms with Gasteiger partial charge < -0.3 is 0 Å². The van der Waals surface area contributed by atoms with Crippen LogP contribution in [-0.2, 0) is 0 Å². The maximum absolute atomic E-state index is 13.6. The molecule has 0 saturated heterocycles. The van der Waals surface area contributed by atoms with Crippen LogP contribution in [0.3, 0.4) is 0 Å². The van der Waals surface area contributed by atoms with E-state index in [2.05, 4.69) is 10.1 Å². The molecular formula is C15H9ClF3N3. The summed E-state index contributed by atoms with van der Waals surface area (Å²) < 4.78 is 41.0. The highest BCUT2D eigenvalue weighted by molar-refractivity contribution is 6.29. The van der Waals surface area contributed by atoms with Crippen molar-refractivity contribution in [1.82, 2.24) is 14.6 Å². The van der Waals surface area contributed by atoms with Crippen LogP contribution in [0.15, 0.2) is 30.5 Å². The van der Waals surface area contributed by atoms with E-state index in [1.165, 1.54) is 6.07 Å². The molecule has 2 unspecified atom stereocenters. The van der Waals surface area contributed by atoms with E-state index in [-0.39, 0.29) is 17.0 Å². The summed E-state index contributed by atoms with van der Waals surface area (Å²) in [5.41, 5.74) is 1.87. The first-order chi connectivity index (χ1) is 10.5. The van der Waals surface area contributed by atoms with E-state index in [4.69, 9.17) is 11.6 Å². The van der Waals surface area contributed by atoms with E-state index in [1.807, 2.05) is 0 Å². The number of halogens is 4. The lowest BCUT2D eigenvalue weighted by Crippen LogP contribution is -1.99. The van der Waals surface area contributed by atoms with Gasteiger partial charge in [-0.15, -0.1) is 0 Å². The summed E-state index contributed by atoms with van der Waals surface area (Å²) in [6.45, 7) is 0. The average Bonchev–Trinajstić information content (AvgIpc) is 3.20. The summed E-state index contributed by atoms with van der Waals surface area (Å²) in [5, 5.41) is 4.03. The van der Waals surface area contributed by atoms with Crippen LogP contribution in [0.1, 0.15) is 29.4 Å². The Bertz CT molecular complexity index is 893. The van der Waals surface area contributed by atoms with E-state index in [9.17, 15) is 13.2 Å². The molecule has 3 aromatic rings. The molecular weight excluding hydrogens is 315 g/mol. The van der Waals surface area contributed by atoms with Crippen molar-refractivity contribution >= 4 is 17.2 Å². The molecule has 22 heavy (non-hydrogen) atoms. The summed E-state index contributed by atoms with van der Waals surface area (Å²) in [4.78, 5) is 4.01. The van der Waals surface area contributed by atoms with Gasteiger partial charge in [0.2, 0.25) is 5.95 Å². The zero-order chi connectivity index (χ0) is 15.4. The lowest BCUT2D eigenvalue weighted by Gasteiger charge is -2.05. The third-order valence-corrected chi connectivity index (χ3v) is 4.17. The molecule has 1 aliphatic rings. The maximum Gasteiger partial charge on any atom is 0.234 e. The molecule has 2 heterocycles. The Kier molecular flexibility index (Phi) is 2.91. The van der Waals surface area contributed by atoms with Crippen LogP contribution in [0.4, 0.5) is 13.2 Å². The van der Waals surface area contributed by atoms with Gasteiger partial charge in [-0.25, -0.2) is 13.8 Å². The highest BCUT2D eigenvalue weighted by Crippen LogP contribution is 2.55. The van der Waals surface area contributed by atoms with Gasteiger partial charge in [0.15, 0.2) is 22.4 Å². The van der Waals surface area contributed by atoms with Crippen molar-refractivity contribution in [3.05, 3.63) is 64.3 Å². The SMILES string of the molecule is Fc1ccc(C2CC2c2cc(Cl)nn3c(F)cnc23)cc1F. The van der Waals surface area contributed by atoms with Gasteiger partial charge >= 0.3 is 0 Å². The van der Waals surface area contributed by atoms with E-state index in [0.717, 1.165) is 28.8 Å². The highest BCUT2D eigenvalue weighted by Gasteiger charge is 2.41. The predicted octanol–water partition coefficient (Wildman–Crippen LogP) is 4.07. The van der Waals surface area contributed by atoms with Crippen molar-refractivity contribution in [3.8, 4) is 0 Å². The molecule has 0 amide bonds. The van der Waals surface area contributed by atoms with Gasteiger partial charge in [0.25, 0.3) is 0 Å². The van der Waals surface area contributed by atoms with Gasteiger partial charge in [-0.1, -0.05) is 17.7 Å². The fourth-order valence-corrected chi connectivity index (χ4v) is 3.05. The molecule has 1 fully saturated rings. The second-order valence-corrected chi connectivity index (χ2v) is 5.75. The number of rotatable bonds is 2. The van der Waals surface area contributed by atoms with E-state index in [0.29, 0.717) is 11.2 Å². The minimum atomic E-state index is -0.870. The van der Waals surface area contributed by atoms with E-state index >= 15 is 0 Å². The van der Waals surface area contributed by atoms with Crippen LogP contribution in [0, 0.1) is 17.6 Å². The molecule has 2 aromatic heterocycles. The number of imidazole rings is 1. The molecule has 7 heteroatoms. The monoisotopic (exact) mass is 323 g/mol. The first-order valence-electron chi connectivity index (χ1n) is 6.69. The molecule has 112 valence electrons. The van der Waals surface area contributed by atoms with Crippen molar-refractivity contribution in [2.75, 3.05) is 0 Å². The molecule has 3 nitrogen and oxygen atoms in total.